The molecule has 5 rings (SSSR count). The van der Waals surface area contributed by atoms with Crippen molar-refractivity contribution in [3.63, 3.8) is 0 Å². The molecule has 184 valence electrons. The Morgan fingerprint density at radius 1 is 1.14 bits per heavy atom. The number of aromatic nitrogens is 3. The van der Waals surface area contributed by atoms with Crippen LogP contribution in [0, 0.1) is 5.92 Å². The molecule has 0 spiro atoms. The van der Waals surface area contributed by atoms with Gasteiger partial charge >= 0.3 is 0 Å². The van der Waals surface area contributed by atoms with Gasteiger partial charge in [0.05, 0.1) is 5.69 Å². The number of phenols is 1. The first-order valence-corrected chi connectivity index (χ1v) is 13.5. The first kappa shape index (κ1) is 24.1. The average Bonchev–Trinajstić information content (AvgIpc) is 3.28. The Hall–Kier alpha value is -3.63. The molecule has 2 N–H and O–H groups in total. The van der Waals surface area contributed by atoms with Gasteiger partial charge in [-0.1, -0.05) is 42.5 Å². The van der Waals surface area contributed by atoms with Crippen LogP contribution < -0.4 is 10.8 Å². The predicted molar refractivity (Wildman–Crippen MR) is 145 cm³/mol. The number of phenolic OH excluding ortho intramolecular Hbond substituents is 1. The molecule has 0 radical (unpaired) electrons. The normalized spacial score (nSPS) is 17.1. The average molecular weight is 501 g/mol. The first-order valence-electron chi connectivity index (χ1n) is 12.0. The largest absolute Gasteiger partial charge is 0.507 e. The van der Waals surface area contributed by atoms with Gasteiger partial charge in [0.15, 0.2) is 5.65 Å². The van der Waals surface area contributed by atoms with Gasteiger partial charge in [0.1, 0.15) is 19.4 Å². The number of aromatic hydroxyl groups is 1. The van der Waals surface area contributed by atoms with Crippen LogP contribution in [-0.4, -0.2) is 59.9 Å². The number of piperidine rings is 1. The number of nitrogens with one attached hydrogen (secondary N) is 1. The van der Waals surface area contributed by atoms with E-state index in [-0.39, 0.29) is 11.7 Å². The summed E-state index contributed by atoms with van der Waals surface area (Å²) in [4.78, 5) is 4.72. The smallest absolute Gasteiger partial charge is 0.236 e. The zero-order valence-corrected chi connectivity index (χ0v) is 20.9. The summed E-state index contributed by atoms with van der Waals surface area (Å²) in [5.74, 6) is 1.05. The summed E-state index contributed by atoms with van der Waals surface area (Å²) >= 11 is 0. The number of sulfonamides is 1. The summed E-state index contributed by atoms with van der Waals surface area (Å²) in [5.41, 5.74) is 3.77. The summed E-state index contributed by atoms with van der Waals surface area (Å²) in [7, 11) is -1.56. The number of nitrogens with zero attached hydrogens (tertiary/aromatic N) is 4. The molecule has 36 heavy (non-hydrogen) atoms. The zero-order valence-electron chi connectivity index (χ0n) is 20.1. The Bertz CT molecular complexity index is 1500. The molecule has 0 saturated carbocycles. The summed E-state index contributed by atoms with van der Waals surface area (Å²) in [5, 5.41) is 19.6. The number of anilines is 1. The van der Waals surface area contributed by atoms with Crippen molar-refractivity contribution >= 4 is 40.9 Å². The molecule has 4 aromatic rings. The van der Waals surface area contributed by atoms with E-state index in [9.17, 15) is 13.5 Å². The fraction of sp³-hybridized carbons (Fsp3) is 0.231. The number of rotatable bonds is 7. The monoisotopic (exact) mass is 501 g/mol. The summed E-state index contributed by atoms with van der Waals surface area (Å²) in [6.45, 7) is 1.56. The fourth-order valence-electron chi connectivity index (χ4n) is 4.52. The van der Waals surface area contributed by atoms with Crippen LogP contribution in [0.3, 0.4) is 0 Å². The molecule has 1 saturated heterocycles. The molecule has 1 fully saturated rings. The second-order valence-electron chi connectivity index (χ2n) is 9.11. The molecule has 0 amide bonds. The Labute approximate surface area is 211 Å². The van der Waals surface area contributed by atoms with Gasteiger partial charge in [-0.2, -0.15) is 13.9 Å². The molecule has 2 aromatic carbocycles. The van der Waals surface area contributed by atoms with Crippen LogP contribution in [0.1, 0.15) is 18.4 Å². The maximum atomic E-state index is 13.0. The highest BCUT2D eigenvalue weighted by molar-refractivity contribution is 7.92. The van der Waals surface area contributed by atoms with Crippen LogP contribution in [-0.2, 0) is 10.0 Å². The maximum Gasteiger partial charge on any atom is 0.236 e. The molecule has 3 heterocycles. The highest BCUT2D eigenvalue weighted by Gasteiger charge is 2.27. The van der Waals surface area contributed by atoms with Crippen molar-refractivity contribution in [3.05, 3.63) is 77.8 Å². The van der Waals surface area contributed by atoms with Gasteiger partial charge in [0.2, 0.25) is 10.0 Å². The van der Waals surface area contributed by atoms with Crippen LogP contribution in [0.4, 0.5) is 5.82 Å². The molecular formula is C26H28BN5O3S. The van der Waals surface area contributed by atoms with Gasteiger partial charge in [-0.3, -0.25) is 0 Å². The lowest BCUT2D eigenvalue weighted by atomic mass is 9.99. The fourth-order valence-corrected chi connectivity index (χ4v) is 5.82. The lowest BCUT2D eigenvalue weighted by Crippen LogP contribution is -2.41. The second-order valence-corrected chi connectivity index (χ2v) is 10.9. The standard InChI is InChI=1S/C26H28BN5O3S/c27-22-17-29-32-25(15-23(30-26(22)32)21-10-4-5-11-24(21)33)28-16-20-9-6-13-31(18-20)36(34,35)14-12-19-7-2-1-3-8-19/h1-5,7-8,10-12,14-15,17,20,28,33H,6,9,13,16,18,27H2/b14-12+. The van der Waals surface area contributed by atoms with Crippen molar-refractivity contribution in [2.24, 2.45) is 5.92 Å². The molecule has 10 heteroatoms. The summed E-state index contributed by atoms with van der Waals surface area (Å²) < 4.78 is 29.2. The van der Waals surface area contributed by atoms with Crippen molar-refractivity contribution in [2.45, 2.75) is 12.8 Å². The van der Waals surface area contributed by atoms with Crippen LogP contribution in [0.2, 0.25) is 0 Å². The van der Waals surface area contributed by atoms with Gasteiger partial charge in [-0.05, 0) is 48.0 Å². The van der Waals surface area contributed by atoms with E-state index >= 15 is 0 Å². The minimum Gasteiger partial charge on any atom is -0.507 e. The summed E-state index contributed by atoms with van der Waals surface area (Å²) in [6.07, 6.45) is 5.14. The van der Waals surface area contributed by atoms with Crippen molar-refractivity contribution in [1.82, 2.24) is 18.9 Å². The predicted octanol–water partition coefficient (Wildman–Crippen LogP) is 2.48. The van der Waals surface area contributed by atoms with E-state index in [0.29, 0.717) is 36.5 Å². The van der Waals surface area contributed by atoms with Crippen LogP contribution in [0.5, 0.6) is 5.75 Å². The third-order valence-corrected chi connectivity index (χ3v) is 8.01. The Morgan fingerprint density at radius 3 is 2.72 bits per heavy atom. The molecule has 8 nitrogen and oxygen atoms in total. The van der Waals surface area contributed by atoms with Gasteiger partial charge in [-0.25, -0.2) is 13.4 Å². The highest BCUT2D eigenvalue weighted by Crippen LogP contribution is 2.29. The van der Waals surface area contributed by atoms with Crippen LogP contribution >= 0.6 is 0 Å². The van der Waals surface area contributed by atoms with Crippen molar-refractivity contribution < 1.29 is 13.5 Å². The number of para-hydroxylation sites is 1. The van der Waals surface area contributed by atoms with Gasteiger partial charge in [0.25, 0.3) is 0 Å². The Kier molecular flexibility index (Phi) is 6.80. The number of benzene rings is 2. The SMILES string of the molecule is Bc1cnn2c(NCC3CCCN(S(=O)(=O)/C=C/c4ccccc4)C3)cc(-c3ccccc3O)nc12. The highest BCUT2D eigenvalue weighted by atomic mass is 32.2. The van der Waals surface area contributed by atoms with E-state index in [4.69, 9.17) is 4.98 Å². The van der Waals surface area contributed by atoms with Crippen molar-refractivity contribution in [2.75, 3.05) is 25.0 Å². The van der Waals surface area contributed by atoms with E-state index < -0.39 is 10.0 Å². The van der Waals surface area contributed by atoms with Crippen LogP contribution in [0.25, 0.3) is 23.0 Å². The molecule has 1 aliphatic heterocycles. The van der Waals surface area contributed by atoms with Crippen molar-refractivity contribution in [3.8, 4) is 17.0 Å². The van der Waals surface area contributed by atoms with E-state index in [1.807, 2.05) is 56.4 Å². The minimum absolute atomic E-state index is 0.145. The third kappa shape index (κ3) is 5.14. The lowest BCUT2D eigenvalue weighted by molar-refractivity contribution is 0.277. The van der Waals surface area contributed by atoms with E-state index in [2.05, 4.69) is 10.4 Å². The third-order valence-electron chi connectivity index (χ3n) is 6.47. The molecule has 0 aliphatic carbocycles. The number of fused-ring (bicyclic) bond motifs is 1. The number of hydrogen-bond donors (Lipinski definition) is 2. The topological polar surface area (TPSA) is 99.8 Å². The van der Waals surface area contributed by atoms with Crippen molar-refractivity contribution in [1.29, 1.82) is 0 Å². The van der Waals surface area contributed by atoms with E-state index in [0.717, 1.165) is 29.7 Å². The maximum absolute atomic E-state index is 13.0. The zero-order chi connectivity index (χ0) is 25.1. The Morgan fingerprint density at radius 2 is 1.92 bits per heavy atom. The molecule has 0 bridgehead atoms. The van der Waals surface area contributed by atoms with E-state index in [1.54, 1.807) is 33.2 Å². The summed E-state index contributed by atoms with van der Waals surface area (Å²) in [6, 6.07) is 18.4. The molecule has 2 aromatic heterocycles. The van der Waals surface area contributed by atoms with E-state index in [1.165, 1.54) is 5.41 Å². The second kappa shape index (κ2) is 10.2. The lowest BCUT2D eigenvalue weighted by Gasteiger charge is -2.31. The van der Waals surface area contributed by atoms with Gasteiger partial charge in [-0.15, -0.1) is 0 Å². The van der Waals surface area contributed by atoms with Gasteiger partial charge < -0.3 is 10.4 Å². The molecule has 1 unspecified atom stereocenters. The molecular weight excluding hydrogens is 473 g/mol. The van der Waals surface area contributed by atoms with Crippen LogP contribution in [0.15, 0.2) is 72.3 Å². The molecule has 1 atom stereocenters. The minimum atomic E-state index is -3.51. The number of hydrogen-bond acceptors (Lipinski definition) is 6. The van der Waals surface area contributed by atoms with Gasteiger partial charge in [0, 0.05) is 42.9 Å². The quantitative estimate of drug-likeness (QED) is 0.378. The molecule has 1 aliphatic rings. The first-order chi connectivity index (χ1) is 17.4. The Balaban J connectivity index is 1.33.